The van der Waals surface area contributed by atoms with Crippen LogP contribution in [0.25, 0.3) is 0 Å². The van der Waals surface area contributed by atoms with Crippen molar-refractivity contribution in [2.45, 2.75) is 78.4 Å². The lowest BCUT2D eigenvalue weighted by Crippen LogP contribution is -2.22. The number of rotatable bonds is 5. The van der Waals surface area contributed by atoms with Crippen LogP contribution in [0.3, 0.4) is 0 Å². The van der Waals surface area contributed by atoms with Crippen molar-refractivity contribution in [2.75, 3.05) is 0 Å². The quantitative estimate of drug-likeness (QED) is 0.478. The normalized spacial score (nSPS) is 13.0. The van der Waals surface area contributed by atoms with E-state index < -0.39 is 14.9 Å². The fourth-order valence-electron chi connectivity index (χ4n) is 2.96. The van der Waals surface area contributed by atoms with Crippen molar-refractivity contribution < 1.29 is 24.5 Å². The highest BCUT2D eigenvalue weighted by molar-refractivity contribution is 7.39. The third-order valence-corrected chi connectivity index (χ3v) is 4.34. The maximum absolute atomic E-state index is 9.48. The summed E-state index contributed by atoms with van der Waals surface area (Å²) in [6.45, 7) is 14.3. The van der Waals surface area contributed by atoms with E-state index in [0.29, 0.717) is 12.2 Å². The molecule has 0 spiro atoms. The summed E-state index contributed by atoms with van der Waals surface area (Å²) < 4.78 is 5.48. The average molecular weight is 358 g/mol. The molecule has 0 atom stereocenters. The number of aliphatic hydroxyl groups is 2. The van der Waals surface area contributed by atoms with Crippen LogP contribution >= 0.6 is 8.60 Å². The lowest BCUT2D eigenvalue weighted by Gasteiger charge is -2.33. The van der Waals surface area contributed by atoms with Crippen LogP contribution in [0, 0.1) is 6.92 Å². The number of hydrogen-bond acceptors (Lipinski definition) is 5. The maximum atomic E-state index is 9.48. The second kappa shape index (κ2) is 7.67. The van der Waals surface area contributed by atoms with Crippen LogP contribution in [0.1, 0.15) is 70.2 Å². The molecule has 5 nitrogen and oxygen atoms in total. The molecule has 4 N–H and O–H groups in total. The van der Waals surface area contributed by atoms with Crippen molar-refractivity contribution in [1.82, 2.24) is 0 Å². The highest BCUT2D eigenvalue weighted by atomic mass is 31.2. The Morgan fingerprint density at radius 2 is 1.58 bits per heavy atom. The molecule has 0 aliphatic carbocycles. The highest BCUT2D eigenvalue weighted by Crippen LogP contribution is 2.47. The molecule has 0 unspecified atom stereocenters. The Labute approximate surface area is 146 Å². The van der Waals surface area contributed by atoms with Crippen LogP contribution in [0.5, 0.6) is 5.75 Å². The molecule has 0 fully saturated rings. The Kier molecular flexibility index (Phi) is 6.82. The van der Waals surface area contributed by atoms with E-state index in [4.69, 9.17) is 4.52 Å². The zero-order valence-electron chi connectivity index (χ0n) is 15.7. The van der Waals surface area contributed by atoms with Gasteiger partial charge in [0, 0.05) is 17.5 Å². The van der Waals surface area contributed by atoms with Gasteiger partial charge in [0.1, 0.15) is 5.75 Å². The second-order valence-corrected chi connectivity index (χ2v) is 8.98. The van der Waals surface area contributed by atoms with E-state index >= 15 is 0 Å². The van der Waals surface area contributed by atoms with Crippen molar-refractivity contribution in [1.29, 1.82) is 0 Å². The van der Waals surface area contributed by atoms with Gasteiger partial charge in [-0.05, 0) is 35.3 Å². The van der Waals surface area contributed by atoms with Gasteiger partial charge >= 0.3 is 8.60 Å². The van der Waals surface area contributed by atoms with Gasteiger partial charge in [-0.15, -0.1) is 0 Å². The SMILES string of the molecule is Cc1cc(C(C)(C)C)c(OP(O)O)c(C(C)(C)C)c1CCC(O)O. The monoisotopic (exact) mass is 358 g/mol. The van der Waals surface area contributed by atoms with Gasteiger partial charge in [0.25, 0.3) is 0 Å². The first kappa shape index (κ1) is 21.3. The minimum atomic E-state index is -2.55. The molecular weight excluding hydrogens is 327 g/mol. The van der Waals surface area contributed by atoms with Crippen molar-refractivity contribution in [2.24, 2.45) is 0 Å². The van der Waals surface area contributed by atoms with E-state index in [0.717, 1.165) is 22.3 Å². The van der Waals surface area contributed by atoms with Crippen LogP contribution in [0.15, 0.2) is 6.07 Å². The summed E-state index contributed by atoms with van der Waals surface area (Å²) in [6, 6.07) is 2.00. The molecule has 0 heterocycles. The first-order valence-corrected chi connectivity index (χ1v) is 9.31. The van der Waals surface area contributed by atoms with Crippen LogP contribution in [0.2, 0.25) is 0 Å². The summed E-state index contributed by atoms with van der Waals surface area (Å²) in [6.07, 6.45) is -0.687. The molecule has 0 bridgehead atoms. The van der Waals surface area contributed by atoms with Gasteiger partial charge in [-0.1, -0.05) is 47.6 Å². The van der Waals surface area contributed by atoms with E-state index in [-0.39, 0.29) is 17.3 Å². The molecule has 0 saturated carbocycles. The number of benzene rings is 1. The predicted octanol–water partition coefficient (Wildman–Crippen LogP) is 3.42. The van der Waals surface area contributed by atoms with Crippen LogP contribution < -0.4 is 4.52 Å². The Hall–Kier alpha value is -0.710. The van der Waals surface area contributed by atoms with Gasteiger partial charge in [0.15, 0.2) is 6.29 Å². The fourth-order valence-corrected chi connectivity index (χ4v) is 3.31. The van der Waals surface area contributed by atoms with Crippen LogP contribution in [0.4, 0.5) is 0 Å². The molecule has 6 heteroatoms. The van der Waals surface area contributed by atoms with Gasteiger partial charge in [-0.25, -0.2) is 0 Å². The summed E-state index contributed by atoms with van der Waals surface area (Å²) in [5, 5.41) is 18.5. The average Bonchev–Trinajstić information content (AvgIpc) is 2.34. The second-order valence-electron chi connectivity index (χ2n) is 8.29. The third kappa shape index (κ3) is 5.40. The summed E-state index contributed by atoms with van der Waals surface area (Å²) in [5.41, 5.74) is 3.27. The van der Waals surface area contributed by atoms with E-state index in [1.807, 2.05) is 33.8 Å². The molecule has 0 saturated heterocycles. The summed E-state index contributed by atoms with van der Waals surface area (Å²) in [4.78, 5) is 19.0. The van der Waals surface area contributed by atoms with E-state index in [2.05, 4.69) is 20.8 Å². The molecule has 1 rings (SSSR count). The zero-order valence-corrected chi connectivity index (χ0v) is 16.6. The number of hydrogen-bond donors (Lipinski definition) is 4. The molecule has 0 aromatic heterocycles. The minimum Gasteiger partial charge on any atom is -0.426 e. The van der Waals surface area contributed by atoms with Crippen LogP contribution in [-0.4, -0.2) is 26.3 Å². The van der Waals surface area contributed by atoms with Crippen molar-refractivity contribution in [3.8, 4) is 5.75 Å². The molecule has 138 valence electrons. The minimum absolute atomic E-state index is 0.214. The van der Waals surface area contributed by atoms with Crippen molar-refractivity contribution in [3.05, 3.63) is 28.3 Å². The standard InChI is InChI=1S/C18H31O5P/c1-11-10-13(17(2,3)4)16(23-24(21)22)15(18(5,6)7)12(11)8-9-14(19)20/h10,14,19-22H,8-9H2,1-7H3. The molecular formula is C18H31O5P. The van der Waals surface area contributed by atoms with Gasteiger partial charge in [0.2, 0.25) is 0 Å². The largest absolute Gasteiger partial charge is 0.426 e. The van der Waals surface area contributed by atoms with Gasteiger partial charge in [0.05, 0.1) is 0 Å². The molecule has 1 aromatic carbocycles. The number of aryl methyl sites for hydroxylation is 1. The lowest BCUT2D eigenvalue weighted by molar-refractivity contribution is -0.0447. The highest BCUT2D eigenvalue weighted by Gasteiger charge is 2.32. The molecule has 0 radical (unpaired) electrons. The Balaban J connectivity index is 3.72. The van der Waals surface area contributed by atoms with Crippen molar-refractivity contribution >= 4 is 8.60 Å². The van der Waals surface area contributed by atoms with E-state index in [1.54, 1.807) is 0 Å². The van der Waals surface area contributed by atoms with Gasteiger partial charge in [-0.2, -0.15) is 0 Å². The Bertz CT molecular complexity index is 568. The van der Waals surface area contributed by atoms with Crippen LogP contribution in [-0.2, 0) is 17.3 Å². The van der Waals surface area contributed by atoms with Crippen molar-refractivity contribution in [3.63, 3.8) is 0 Å². The molecule has 0 aliphatic heterocycles. The summed E-state index contributed by atoms with van der Waals surface area (Å²) >= 11 is 0. The maximum Gasteiger partial charge on any atom is 0.391 e. The fraction of sp³-hybridized carbons (Fsp3) is 0.667. The summed E-state index contributed by atoms with van der Waals surface area (Å²) in [7, 11) is -2.55. The number of aliphatic hydroxyl groups excluding tert-OH is 1. The van der Waals surface area contributed by atoms with E-state index in [1.165, 1.54) is 0 Å². The molecule has 0 amide bonds. The zero-order chi connectivity index (χ0) is 18.9. The van der Waals surface area contributed by atoms with Gasteiger partial charge in [-0.3, -0.25) is 0 Å². The summed E-state index contributed by atoms with van der Waals surface area (Å²) in [5.74, 6) is 0.499. The Morgan fingerprint density at radius 1 is 1.04 bits per heavy atom. The van der Waals surface area contributed by atoms with Gasteiger partial charge < -0.3 is 24.5 Å². The smallest absolute Gasteiger partial charge is 0.391 e. The van der Waals surface area contributed by atoms with E-state index in [9.17, 15) is 20.0 Å². The third-order valence-electron chi connectivity index (χ3n) is 3.99. The first-order valence-electron chi connectivity index (χ1n) is 8.14. The molecule has 24 heavy (non-hydrogen) atoms. The topological polar surface area (TPSA) is 90.2 Å². The first-order chi connectivity index (χ1) is 10.7. The molecule has 0 aliphatic rings. The predicted molar refractivity (Wildman–Crippen MR) is 97.1 cm³/mol. The molecule has 1 aromatic rings. The Morgan fingerprint density at radius 3 is 1.96 bits per heavy atom. The lowest BCUT2D eigenvalue weighted by atomic mass is 9.75.